The predicted octanol–water partition coefficient (Wildman–Crippen LogP) is 6.14. The molecule has 0 saturated heterocycles. The summed E-state index contributed by atoms with van der Waals surface area (Å²) in [6.45, 7) is 4.38. The quantitative estimate of drug-likeness (QED) is 0.191. The molecule has 0 aliphatic rings. The highest BCUT2D eigenvalue weighted by Crippen LogP contribution is 2.30. The molecule has 0 radical (unpaired) electrons. The molecule has 0 fully saturated rings. The van der Waals surface area contributed by atoms with E-state index in [4.69, 9.17) is 12.2 Å². The van der Waals surface area contributed by atoms with Gasteiger partial charge in [-0.2, -0.15) is 0 Å². The van der Waals surface area contributed by atoms with Crippen molar-refractivity contribution in [2.24, 2.45) is 0 Å². The van der Waals surface area contributed by atoms with Gasteiger partial charge in [0.1, 0.15) is 0 Å². The van der Waals surface area contributed by atoms with Gasteiger partial charge in [-0.15, -0.1) is 0 Å². The number of anilines is 1. The van der Waals surface area contributed by atoms with Crippen LogP contribution in [0.5, 0.6) is 0 Å². The maximum Gasteiger partial charge on any atom is 0.269 e. The van der Waals surface area contributed by atoms with Crippen LogP contribution in [0.4, 0.5) is 11.4 Å². The molecular weight excluding hydrogens is 432 g/mol. The Labute approximate surface area is 200 Å². The van der Waals surface area contributed by atoms with Crippen molar-refractivity contribution in [2.75, 3.05) is 5.32 Å². The van der Waals surface area contributed by atoms with Gasteiger partial charge in [-0.1, -0.05) is 74.5 Å². The van der Waals surface area contributed by atoms with Crippen LogP contribution in [-0.2, 0) is 0 Å². The average molecular weight is 463 g/mol. The van der Waals surface area contributed by atoms with Gasteiger partial charge in [0, 0.05) is 23.9 Å². The van der Waals surface area contributed by atoms with Crippen LogP contribution >= 0.6 is 12.2 Å². The number of hydrogen-bond donors (Lipinski definition) is 3. The van der Waals surface area contributed by atoms with E-state index in [1.165, 1.54) is 17.7 Å². The molecule has 0 heterocycles. The van der Waals surface area contributed by atoms with Crippen LogP contribution in [0.3, 0.4) is 0 Å². The number of benzene rings is 3. The normalized spacial score (nSPS) is 12.7. The molecule has 0 aliphatic heterocycles. The van der Waals surface area contributed by atoms with Gasteiger partial charge in [-0.3, -0.25) is 10.1 Å². The highest BCUT2D eigenvalue weighted by Gasteiger charge is 2.27. The molecule has 6 nitrogen and oxygen atoms in total. The summed E-state index contributed by atoms with van der Waals surface area (Å²) in [4.78, 5) is 10.5. The monoisotopic (exact) mass is 462 g/mol. The highest BCUT2D eigenvalue weighted by atomic mass is 32.1. The van der Waals surface area contributed by atoms with Crippen LogP contribution < -0.4 is 16.0 Å². The lowest BCUT2D eigenvalue weighted by atomic mass is 9.92. The molecule has 3 aromatic carbocycles. The summed E-state index contributed by atoms with van der Waals surface area (Å²) in [7, 11) is 0. The van der Waals surface area contributed by atoms with Crippen molar-refractivity contribution in [2.45, 2.75) is 44.8 Å². The van der Waals surface area contributed by atoms with Gasteiger partial charge in [-0.25, -0.2) is 0 Å². The Morgan fingerprint density at radius 2 is 1.36 bits per heavy atom. The number of hydrogen-bond acceptors (Lipinski definition) is 4. The molecule has 7 heteroatoms. The number of rotatable bonds is 10. The van der Waals surface area contributed by atoms with E-state index in [-0.39, 0.29) is 17.8 Å². The fourth-order valence-electron chi connectivity index (χ4n) is 3.82. The van der Waals surface area contributed by atoms with Crippen LogP contribution in [0.25, 0.3) is 0 Å². The van der Waals surface area contributed by atoms with E-state index in [9.17, 15) is 10.1 Å². The van der Waals surface area contributed by atoms with Crippen molar-refractivity contribution in [1.82, 2.24) is 10.6 Å². The van der Waals surface area contributed by atoms with Gasteiger partial charge in [0.2, 0.25) is 0 Å². The zero-order valence-electron chi connectivity index (χ0n) is 18.9. The van der Waals surface area contributed by atoms with E-state index < -0.39 is 4.92 Å². The largest absolute Gasteiger partial charge is 0.354 e. The lowest BCUT2D eigenvalue weighted by Gasteiger charge is -2.33. The summed E-state index contributed by atoms with van der Waals surface area (Å²) in [6.07, 6.45) is 2.04. The molecular formula is C26H30N4O2S. The minimum atomic E-state index is -0.417. The molecule has 0 spiro atoms. The predicted molar refractivity (Wildman–Crippen MR) is 138 cm³/mol. The maximum atomic E-state index is 10.9. The zero-order valence-corrected chi connectivity index (χ0v) is 19.7. The van der Waals surface area contributed by atoms with Crippen LogP contribution in [0, 0.1) is 10.1 Å². The van der Waals surface area contributed by atoms with Crippen molar-refractivity contribution in [3.63, 3.8) is 0 Å². The van der Waals surface area contributed by atoms with Crippen molar-refractivity contribution >= 4 is 28.7 Å². The van der Waals surface area contributed by atoms with Crippen LogP contribution in [0.2, 0.25) is 0 Å². The molecule has 0 amide bonds. The van der Waals surface area contributed by atoms with E-state index in [1.807, 2.05) is 36.4 Å². The number of nitrogens with zero attached hydrogens (tertiary/aromatic N) is 1. The molecule has 3 N–H and O–H groups in total. The number of nitro benzene ring substituents is 1. The molecule has 172 valence electrons. The van der Waals surface area contributed by atoms with Gasteiger partial charge in [0.25, 0.3) is 5.69 Å². The number of non-ortho nitro benzene ring substituents is 1. The molecule has 2 atom stereocenters. The Morgan fingerprint density at radius 1 is 0.848 bits per heavy atom. The summed E-state index contributed by atoms with van der Waals surface area (Å²) in [5, 5.41) is 21.9. The first-order valence-electron chi connectivity index (χ1n) is 11.2. The molecule has 0 aliphatic carbocycles. The Morgan fingerprint density at radius 3 is 1.85 bits per heavy atom. The van der Waals surface area contributed by atoms with Gasteiger partial charge >= 0.3 is 0 Å². The summed E-state index contributed by atoms with van der Waals surface area (Å²) < 4.78 is 0. The number of thiocarbonyl (C=S) groups is 1. The molecule has 0 unspecified atom stereocenters. The molecule has 33 heavy (non-hydrogen) atoms. The molecule has 0 bridgehead atoms. The van der Waals surface area contributed by atoms with Crippen LogP contribution in [-0.4, -0.2) is 16.1 Å². The van der Waals surface area contributed by atoms with Crippen molar-refractivity contribution < 1.29 is 4.92 Å². The van der Waals surface area contributed by atoms with E-state index in [0.717, 1.165) is 18.4 Å². The lowest BCUT2D eigenvalue weighted by Crippen LogP contribution is -2.43. The Bertz CT molecular complexity index is 1030. The fourth-order valence-corrected chi connectivity index (χ4v) is 4.06. The minimum Gasteiger partial charge on any atom is -0.354 e. The third-order valence-electron chi connectivity index (χ3n) is 5.67. The van der Waals surface area contributed by atoms with Crippen molar-refractivity contribution in [3.8, 4) is 0 Å². The summed E-state index contributed by atoms with van der Waals surface area (Å²) in [5.41, 5.74) is 3.01. The molecule has 3 rings (SSSR count). The second-order valence-electron chi connectivity index (χ2n) is 7.86. The Balaban J connectivity index is 1.89. The minimum absolute atomic E-state index is 0.0184. The second kappa shape index (κ2) is 12.1. The van der Waals surface area contributed by atoms with E-state index in [0.29, 0.717) is 16.8 Å². The van der Waals surface area contributed by atoms with E-state index in [1.54, 1.807) is 12.1 Å². The first-order valence-corrected chi connectivity index (χ1v) is 11.6. The Kier molecular flexibility index (Phi) is 8.92. The first-order chi connectivity index (χ1) is 16.0. The lowest BCUT2D eigenvalue weighted by molar-refractivity contribution is -0.384. The van der Waals surface area contributed by atoms with Crippen molar-refractivity contribution in [3.05, 3.63) is 106 Å². The first kappa shape index (κ1) is 24.4. The third-order valence-corrected chi connectivity index (χ3v) is 5.89. The van der Waals surface area contributed by atoms with E-state index in [2.05, 4.69) is 54.1 Å². The highest BCUT2D eigenvalue weighted by molar-refractivity contribution is 7.80. The standard InChI is InChI=1S/C26H30N4O2S/c1-3-21(4-2)27-24(19-11-7-5-8-12-19)25(20-13-9-6-10-14-20)29-26(33)28-22-15-17-23(18-16-22)30(31)32/h5-18,21,24-25,27H,3-4H2,1-2H3,(H2,28,29,33)/t24-,25-/m1/s1. The summed E-state index contributed by atoms with van der Waals surface area (Å²) in [5.74, 6) is 0. The van der Waals surface area contributed by atoms with E-state index >= 15 is 0 Å². The van der Waals surface area contributed by atoms with Crippen LogP contribution in [0.15, 0.2) is 84.9 Å². The SMILES string of the molecule is CCC(CC)N[C@H](c1ccccc1)[C@H](NC(=S)Nc1ccc([N+](=O)[O-])cc1)c1ccccc1. The maximum absolute atomic E-state index is 10.9. The molecule has 3 aromatic rings. The van der Waals surface area contributed by atoms with Gasteiger partial charge < -0.3 is 16.0 Å². The molecule has 0 aromatic heterocycles. The number of nitro groups is 1. The average Bonchev–Trinajstić information content (AvgIpc) is 2.85. The van der Waals surface area contributed by atoms with Crippen LogP contribution in [0.1, 0.15) is 49.9 Å². The second-order valence-corrected chi connectivity index (χ2v) is 8.27. The third kappa shape index (κ3) is 6.84. The fraction of sp³-hybridized carbons (Fsp3) is 0.269. The smallest absolute Gasteiger partial charge is 0.269 e. The zero-order chi connectivity index (χ0) is 23.6. The van der Waals surface area contributed by atoms with Gasteiger partial charge in [0.15, 0.2) is 5.11 Å². The topological polar surface area (TPSA) is 79.2 Å². The van der Waals surface area contributed by atoms with Gasteiger partial charge in [-0.05, 0) is 48.3 Å². The Hall–Kier alpha value is -3.29. The summed E-state index contributed by atoms with van der Waals surface area (Å²) in [6, 6.07) is 27.0. The van der Waals surface area contributed by atoms with Gasteiger partial charge in [0.05, 0.1) is 17.0 Å². The summed E-state index contributed by atoms with van der Waals surface area (Å²) >= 11 is 5.65. The molecule has 0 saturated carbocycles. The van der Waals surface area contributed by atoms with Crippen molar-refractivity contribution in [1.29, 1.82) is 0 Å². The number of nitrogens with one attached hydrogen (secondary N) is 3.